The zero-order chi connectivity index (χ0) is 14.4. The Balaban J connectivity index is 2.42. The lowest BCUT2D eigenvalue weighted by molar-refractivity contribution is 0.803. The summed E-state index contributed by atoms with van der Waals surface area (Å²) in [6.45, 7) is 11.2. The number of hydrogen-bond donors (Lipinski definition) is 0. The van der Waals surface area contributed by atoms with Gasteiger partial charge in [-0.3, -0.25) is 0 Å². The molecular weight excluding hydrogens is 268 g/mol. The summed E-state index contributed by atoms with van der Waals surface area (Å²) >= 11 is 3.96. The molecule has 0 atom stereocenters. The summed E-state index contributed by atoms with van der Waals surface area (Å²) in [5.41, 5.74) is 1.10. The SMILES string of the molecule is CC(C)(C)SCCSC(C)(C)C#Cc1ccccc1. The van der Waals surface area contributed by atoms with Gasteiger partial charge in [-0.25, -0.2) is 0 Å². The van der Waals surface area contributed by atoms with Crippen LogP contribution in [0, 0.1) is 11.8 Å². The Morgan fingerprint density at radius 3 is 2.05 bits per heavy atom. The average molecular weight is 293 g/mol. The summed E-state index contributed by atoms with van der Waals surface area (Å²) in [7, 11) is 0. The van der Waals surface area contributed by atoms with Crippen LogP contribution >= 0.6 is 23.5 Å². The Morgan fingerprint density at radius 2 is 1.47 bits per heavy atom. The van der Waals surface area contributed by atoms with E-state index in [1.165, 1.54) is 5.75 Å². The number of benzene rings is 1. The van der Waals surface area contributed by atoms with Crippen LogP contribution in [0.2, 0.25) is 0 Å². The molecule has 0 unspecified atom stereocenters. The molecule has 0 N–H and O–H groups in total. The molecule has 2 heteroatoms. The van der Waals surface area contributed by atoms with Gasteiger partial charge in [0.15, 0.2) is 0 Å². The molecule has 0 aliphatic rings. The first-order valence-electron chi connectivity index (χ1n) is 6.65. The van der Waals surface area contributed by atoms with Crippen molar-refractivity contribution in [2.24, 2.45) is 0 Å². The predicted octanol–water partition coefficient (Wildman–Crippen LogP) is 5.08. The van der Waals surface area contributed by atoms with E-state index >= 15 is 0 Å². The molecule has 0 heterocycles. The van der Waals surface area contributed by atoms with Gasteiger partial charge in [0.2, 0.25) is 0 Å². The van der Waals surface area contributed by atoms with Crippen molar-refractivity contribution in [1.29, 1.82) is 0 Å². The van der Waals surface area contributed by atoms with Crippen molar-refractivity contribution >= 4 is 23.5 Å². The van der Waals surface area contributed by atoms with Crippen molar-refractivity contribution in [2.45, 2.75) is 44.1 Å². The van der Waals surface area contributed by atoms with Crippen LogP contribution in [0.3, 0.4) is 0 Å². The second-order valence-electron chi connectivity index (χ2n) is 5.94. The average Bonchev–Trinajstić information content (AvgIpc) is 2.33. The number of hydrogen-bond acceptors (Lipinski definition) is 2. The maximum Gasteiger partial charge on any atom is 0.0713 e. The Hall–Kier alpha value is -0.520. The van der Waals surface area contributed by atoms with Gasteiger partial charge in [0.25, 0.3) is 0 Å². The molecule has 0 nitrogen and oxygen atoms in total. The predicted molar refractivity (Wildman–Crippen MR) is 92.1 cm³/mol. The van der Waals surface area contributed by atoms with E-state index in [9.17, 15) is 0 Å². The summed E-state index contributed by atoms with van der Waals surface area (Å²) in [6, 6.07) is 10.2. The summed E-state index contributed by atoms with van der Waals surface area (Å²) in [6.07, 6.45) is 0. The Kier molecular flexibility index (Phi) is 6.36. The van der Waals surface area contributed by atoms with Crippen LogP contribution in [0.5, 0.6) is 0 Å². The third-order valence-corrected chi connectivity index (χ3v) is 5.13. The molecule has 0 spiro atoms. The smallest absolute Gasteiger partial charge is 0.0713 e. The van der Waals surface area contributed by atoms with E-state index in [0.29, 0.717) is 4.75 Å². The van der Waals surface area contributed by atoms with Gasteiger partial charge in [0.1, 0.15) is 0 Å². The van der Waals surface area contributed by atoms with Crippen molar-refractivity contribution in [3.8, 4) is 11.8 Å². The monoisotopic (exact) mass is 292 g/mol. The summed E-state index contributed by atoms with van der Waals surface area (Å²) in [5, 5.41) is 0. The van der Waals surface area contributed by atoms with Crippen LogP contribution in [-0.2, 0) is 0 Å². The first-order chi connectivity index (χ1) is 8.79. The van der Waals surface area contributed by atoms with Crippen LogP contribution in [0.25, 0.3) is 0 Å². The van der Waals surface area contributed by atoms with Crippen LogP contribution in [0.4, 0.5) is 0 Å². The van der Waals surface area contributed by atoms with E-state index < -0.39 is 0 Å². The molecule has 19 heavy (non-hydrogen) atoms. The van der Waals surface area contributed by atoms with Gasteiger partial charge in [-0.15, -0.1) is 11.8 Å². The molecule has 0 bridgehead atoms. The minimum Gasteiger partial charge on any atom is -0.155 e. The van der Waals surface area contributed by atoms with E-state index in [4.69, 9.17) is 0 Å². The Bertz CT molecular complexity index is 430. The van der Waals surface area contributed by atoms with Crippen molar-refractivity contribution in [2.75, 3.05) is 11.5 Å². The highest BCUT2D eigenvalue weighted by Crippen LogP contribution is 2.28. The molecule has 0 amide bonds. The summed E-state index contributed by atoms with van der Waals surface area (Å²) < 4.78 is 0.384. The summed E-state index contributed by atoms with van der Waals surface area (Å²) in [4.78, 5) is 0. The molecule has 0 aliphatic heterocycles. The highest BCUT2D eigenvalue weighted by Gasteiger charge is 2.16. The fourth-order valence-corrected chi connectivity index (χ4v) is 3.34. The van der Waals surface area contributed by atoms with E-state index in [1.54, 1.807) is 0 Å². The van der Waals surface area contributed by atoms with Gasteiger partial charge in [0.05, 0.1) is 4.75 Å². The molecule has 1 aromatic carbocycles. The molecule has 104 valence electrons. The molecule has 0 saturated carbocycles. The standard InChI is InChI=1S/C17H24S2/c1-16(2,3)18-13-14-19-17(4,5)12-11-15-9-7-6-8-10-15/h6-10H,13-14H2,1-5H3. The highest BCUT2D eigenvalue weighted by atomic mass is 32.2. The third kappa shape index (κ3) is 8.29. The van der Waals surface area contributed by atoms with Crippen molar-refractivity contribution in [1.82, 2.24) is 0 Å². The number of rotatable bonds is 4. The van der Waals surface area contributed by atoms with Crippen LogP contribution < -0.4 is 0 Å². The largest absolute Gasteiger partial charge is 0.155 e. The molecular formula is C17H24S2. The highest BCUT2D eigenvalue weighted by molar-refractivity contribution is 8.04. The van der Waals surface area contributed by atoms with Crippen molar-refractivity contribution in [3.05, 3.63) is 35.9 Å². The lowest BCUT2D eigenvalue weighted by Gasteiger charge is -2.20. The molecule has 1 aromatic rings. The van der Waals surface area contributed by atoms with Gasteiger partial charge in [-0.2, -0.15) is 11.8 Å². The second-order valence-corrected chi connectivity index (χ2v) is 9.57. The van der Waals surface area contributed by atoms with Crippen molar-refractivity contribution in [3.63, 3.8) is 0 Å². The molecule has 0 aromatic heterocycles. The fourth-order valence-electron chi connectivity index (χ4n) is 1.42. The van der Waals surface area contributed by atoms with Crippen LogP contribution in [-0.4, -0.2) is 21.0 Å². The van der Waals surface area contributed by atoms with Gasteiger partial charge in [-0.1, -0.05) is 50.8 Å². The lowest BCUT2D eigenvalue weighted by atomic mass is 10.1. The first-order valence-corrected chi connectivity index (χ1v) is 8.62. The van der Waals surface area contributed by atoms with E-state index in [0.717, 1.165) is 11.3 Å². The van der Waals surface area contributed by atoms with Crippen LogP contribution in [0.15, 0.2) is 30.3 Å². The van der Waals surface area contributed by atoms with Gasteiger partial charge < -0.3 is 0 Å². The molecule has 0 saturated heterocycles. The van der Waals surface area contributed by atoms with Crippen molar-refractivity contribution < 1.29 is 0 Å². The Labute approximate surface area is 127 Å². The quantitative estimate of drug-likeness (QED) is 0.560. The minimum absolute atomic E-state index is 0.0221. The van der Waals surface area contributed by atoms with E-state index in [-0.39, 0.29) is 4.75 Å². The van der Waals surface area contributed by atoms with Gasteiger partial charge in [0, 0.05) is 21.8 Å². The second kappa shape index (κ2) is 7.31. The normalized spacial score (nSPS) is 11.8. The number of thioether (sulfide) groups is 2. The maximum atomic E-state index is 3.38. The fraction of sp³-hybridized carbons (Fsp3) is 0.529. The Morgan fingerprint density at radius 1 is 0.895 bits per heavy atom. The van der Waals surface area contributed by atoms with Gasteiger partial charge >= 0.3 is 0 Å². The maximum absolute atomic E-state index is 3.38. The molecule has 0 fully saturated rings. The minimum atomic E-state index is 0.0221. The first kappa shape index (κ1) is 16.5. The van der Waals surface area contributed by atoms with Crippen LogP contribution in [0.1, 0.15) is 40.2 Å². The van der Waals surface area contributed by atoms with E-state index in [1.807, 2.05) is 41.7 Å². The van der Waals surface area contributed by atoms with E-state index in [2.05, 4.69) is 58.6 Å². The molecule has 0 aliphatic carbocycles. The topological polar surface area (TPSA) is 0 Å². The zero-order valence-corrected chi connectivity index (χ0v) is 14.3. The third-order valence-electron chi connectivity index (χ3n) is 2.36. The molecule has 0 radical (unpaired) electrons. The lowest BCUT2D eigenvalue weighted by Crippen LogP contribution is -2.14. The van der Waals surface area contributed by atoms with Gasteiger partial charge in [-0.05, 0) is 26.0 Å². The molecule has 1 rings (SSSR count). The zero-order valence-electron chi connectivity index (χ0n) is 12.6. The summed E-state index contributed by atoms with van der Waals surface area (Å²) in [5.74, 6) is 8.98.